The normalized spacial score (nSPS) is 20.6. The SMILES string of the molecule is c1cncc(N2CCC3CCNc4cccc2c43)c1. The predicted molar refractivity (Wildman–Crippen MR) is 78.1 cm³/mol. The minimum atomic E-state index is 0.723. The first-order valence-corrected chi connectivity index (χ1v) is 6.98. The van der Waals surface area contributed by atoms with Gasteiger partial charge in [-0.3, -0.25) is 4.98 Å². The smallest absolute Gasteiger partial charge is 0.0597 e. The van der Waals surface area contributed by atoms with E-state index < -0.39 is 0 Å². The van der Waals surface area contributed by atoms with Gasteiger partial charge in [-0.2, -0.15) is 0 Å². The van der Waals surface area contributed by atoms with Crippen LogP contribution in [0.25, 0.3) is 0 Å². The highest BCUT2D eigenvalue weighted by molar-refractivity contribution is 5.75. The molecule has 0 radical (unpaired) electrons. The van der Waals surface area contributed by atoms with Crippen LogP contribution in [0.1, 0.15) is 24.3 Å². The molecule has 3 heterocycles. The number of aromatic nitrogens is 1. The Balaban J connectivity index is 1.85. The second-order valence-corrected chi connectivity index (χ2v) is 5.30. The molecule has 96 valence electrons. The molecule has 3 heteroatoms. The third-order valence-electron chi connectivity index (χ3n) is 4.25. The lowest BCUT2D eigenvalue weighted by Crippen LogP contribution is -2.30. The van der Waals surface area contributed by atoms with Crippen LogP contribution in [-0.4, -0.2) is 18.1 Å². The largest absolute Gasteiger partial charge is 0.385 e. The van der Waals surface area contributed by atoms with Gasteiger partial charge in [0, 0.05) is 36.2 Å². The van der Waals surface area contributed by atoms with Gasteiger partial charge in [-0.1, -0.05) is 6.07 Å². The molecule has 0 saturated carbocycles. The van der Waals surface area contributed by atoms with E-state index in [1.807, 2.05) is 18.5 Å². The van der Waals surface area contributed by atoms with Gasteiger partial charge in [0.15, 0.2) is 0 Å². The first-order chi connectivity index (χ1) is 9.43. The van der Waals surface area contributed by atoms with Crippen LogP contribution in [0.4, 0.5) is 17.1 Å². The average Bonchev–Trinajstić information content (AvgIpc) is 2.49. The fraction of sp³-hybridized carbons (Fsp3) is 0.312. The number of hydrogen-bond donors (Lipinski definition) is 1. The van der Waals surface area contributed by atoms with E-state index in [0.29, 0.717) is 0 Å². The number of anilines is 3. The van der Waals surface area contributed by atoms with Gasteiger partial charge in [-0.25, -0.2) is 0 Å². The van der Waals surface area contributed by atoms with Crippen molar-refractivity contribution in [2.24, 2.45) is 0 Å². The summed E-state index contributed by atoms with van der Waals surface area (Å²) in [6.07, 6.45) is 6.28. The number of nitrogens with one attached hydrogen (secondary N) is 1. The van der Waals surface area contributed by atoms with E-state index in [4.69, 9.17) is 0 Å². The van der Waals surface area contributed by atoms with Crippen LogP contribution in [0.3, 0.4) is 0 Å². The summed E-state index contributed by atoms with van der Waals surface area (Å²) in [5.74, 6) is 0.723. The zero-order valence-corrected chi connectivity index (χ0v) is 10.8. The molecule has 0 bridgehead atoms. The molecule has 2 aliphatic rings. The Bertz CT molecular complexity index is 594. The van der Waals surface area contributed by atoms with E-state index in [0.717, 1.165) is 19.0 Å². The zero-order valence-electron chi connectivity index (χ0n) is 10.8. The Morgan fingerprint density at radius 3 is 3.05 bits per heavy atom. The Hall–Kier alpha value is -2.03. The Kier molecular flexibility index (Phi) is 2.44. The van der Waals surface area contributed by atoms with Gasteiger partial charge < -0.3 is 10.2 Å². The summed E-state index contributed by atoms with van der Waals surface area (Å²) in [5, 5.41) is 3.53. The minimum absolute atomic E-state index is 0.723. The molecule has 1 atom stereocenters. The number of rotatable bonds is 1. The molecule has 2 aliphatic heterocycles. The van der Waals surface area contributed by atoms with Crippen molar-refractivity contribution in [3.8, 4) is 0 Å². The summed E-state index contributed by atoms with van der Waals surface area (Å²) in [4.78, 5) is 6.65. The van der Waals surface area contributed by atoms with Crippen LogP contribution < -0.4 is 10.2 Å². The summed E-state index contributed by atoms with van der Waals surface area (Å²) >= 11 is 0. The van der Waals surface area contributed by atoms with E-state index in [1.54, 1.807) is 0 Å². The lowest BCUT2D eigenvalue weighted by Gasteiger charge is -2.39. The van der Waals surface area contributed by atoms with Gasteiger partial charge in [0.25, 0.3) is 0 Å². The molecule has 4 rings (SSSR count). The predicted octanol–water partition coefficient (Wildman–Crippen LogP) is 3.52. The summed E-state index contributed by atoms with van der Waals surface area (Å²) in [7, 11) is 0. The number of nitrogens with zero attached hydrogens (tertiary/aromatic N) is 2. The van der Waals surface area contributed by atoms with Crippen molar-refractivity contribution in [1.82, 2.24) is 4.98 Å². The fourth-order valence-corrected chi connectivity index (χ4v) is 3.37. The van der Waals surface area contributed by atoms with Crippen LogP contribution in [0.5, 0.6) is 0 Å². The maximum atomic E-state index is 4.25. The van der Waals surface area contributed by atoms with Crippen LogP contribution in [-0.2, 0) is 0 Å². The molecular weight excluding hydrogens is 234 g/mol. The lowest BCUT2D eigenvalue weighted by atomic mass is 9.84. The monoisotopic (exact) mass is 251 g/mol. The van der Waals surface area contributed by atoms with Gasteiger partial charge in [-0.05, 0) is 43.0 Å². The Labute approximate surface area is 113 Å². The van der Waals surface area contributed by atoms with Crippen LogP contribution in [0.15, 0.2) is 42.7 Å². The summed E-state index contributed by atoms with van der Waals surface area (Å²) in [5.41, 5.74) is 5.38. The second kappa shape index (κ2) is 4.26. The van der Waals surface area contributed by atoms with Crippen LogP contribution in [0.2, 0.25) is 0 Å². The van der Waals surface area contributed by atoms with Crippen LogP contribution in [0, 0.1) is 0 Å². The molecule has 19 heavy (non-hydrogen) atoms. The number of hydrogen-bond acceptors (Lipinski definition) is 3. The lowest BCUT2D eigenvalue weighted by molar-refractivity contribution is 0.561. The fourth-order valence-electron chi connectivity index (χ4n) is 3.37. The van der Waals surface area contributed by atoms with E-state index in [-0.39, 0.29) is 0 Å². The van der Waals surface area contributed by atoms with E-state index >= 15 is 0 Å². The van der Waals surface area contributed by atoms with Crippen molar-refractivity contribution in [1.29, 1.82) is 0 Å². The summed E-state index contributed by atoms with van der Waals surface area (Å²) < 4.78 is 0. The highest BCUT2D eigenvalue weighted by Crippen LogP contribution is 2.46. The molecule has 0 saturated heterocycles. The second-order valence-electron chi connectivity index (χ2n) is 5.30. The van der Waals surface area contributed by atoms with Crippen molar-refractivity contribution in [3.05, 3.63) is 48.3 Å². The van der Waals surface area contributed by atoms with Crippen molar-refractivity contribution < 1.29 is 0 Å². The molecular formula is C16H17N3. The third kappa shape index (κ3) is 1.69. The van der Waals surface area contributed by atoms with Gasteiger partial charge in [0.05, 0.1) is 11.9 Å². The number of pyridine rings is 1. The molecule has 0 amide bonds. The van der Waals surface area contributed by atoms with E-state index in [2.05, 4.69) is 39.5 Å². The van der Waals surface area contributed by atoms with Gasteiger partial charge in [-0.15, -0.1) is 0 Å². The third-order valence-corrected chi connectivity index (χ3v) is 4.25. The first kappa shape index (κ1) is 10.9. The molecule has 1 N–H and O–H groups in total. The molecule has 0 aliphatic carbocycles. The molecule has 0 spiro atoms. The average molecular weight is 251 g/mol. The summed E-state index contributed by atoms with van der Waals surface area (Å²) in [6, 6.07) is 10.7. The van der Waals surface area contributed by atoms with Crippen LogP contribution >= 0.6 is 0 Å². The van der Waals surface area contributed by atoms with Gasteiger partial charge >= 0.3 is 0 Å². The molecule has 1 unspecified atom stereocenters. The molecule has 0 fully saturated rings. The van der Waals surface area contributed by atoms with E-state index in [1.165, 1.54) is 35.5 Å². The highest BCUT2D eigenvalue weighted by Gasteiger charge is 2.30. The van der Waals surface area contributed by atoms with Crippen molar-refractivity contribution in [2.45, 2.75) is 18.8 Å². The first-order valence-electron chi connectivity index (χ1n) is 6.98. The Morgan fingerprint density at radius 2 is 2.16 bits per heavy atom. The molecule has 1 aromatic heterocycles. The molecule has 3 nitrogen and oxygen atoms in total. The maximum absolute atomic E-state index is 4.25. The van der Waals surface area contributed by atoms with Gasteiger partial charge in [0.1, 0.15) is 0 Å². The molecule has 2 aromatic rings. The molecule has 1 aromatic carbocycles. The van der Waals surface area contributed by atoms with Crippen molar-refractivity contribution >= 4 is 17.1 Å². The standard InChI is InChI=1S/C16H17N3/c1-4-14-16-12(6-9-18-14)7-10-19(15(16)5-1)13-3-2-8-17-11-13/h1-5,8,11-12,18H,6-7,9-10H2. The summed E-state index contributed by atoms with van der Waals surface area (Å²) in [6.45, 7) is 2.20. The maximum Gasteiger partial charge on any atom is 0.0597 e. The van der Waals surface area contributed by atoms with E-state index in [9.17, 15) is 0 Å². The minimum Gasteiger partial charge on any atom is -0.385 e. The quantitative estimate of drug-likeness (QED) is 0.840. The topological polar surface area (TPSA) is 28.2 Å². The highest BCUT2D eigenvalue weighted by atomic mass is 15.2. The van der Waals surface area contributed by atoms with Crippen molar-refractivity contribution in [3.63, 3.8) is 0 Å². The van der Waals surface area contributed by atoms with Gasteiger partial charge in [0.2, 0.25) is 0 Å². The van der Waals surface area contributed by atoms with Crippen molar-refractivity contribution in [2.75, 3.05) is 23.3 Å². The number of benzene rings is 1. The Morgan fingerprint density at radius 1 is 1.16 bits per heavy atom. The zero-order chi connectivity index (χ0) is 12.7.